The molecular weight excluding hydrogens is 426 g/mol. The molecule has 2 aromatic carbocycles. The number of benzene rings is 2. The number of nitrogens with zero attached hydrogens (tertiary/aromatic N) is 3. The SMILES string of the molecule is COc1ccccc1N(CC(=O)N1CCN(c2cc(Cl)ccc2C)CC1)S(C)(=O)=O. The molecule has 1 amide bonds. The van der Waals surface area contributed by atoms with Crippen LogP contribution in [0.25, 0.3) is 0 Å². The number of amides is 1. The Morgan fingerprint density at radius 3 is 2.43 bits per heavy atom. The lowest BCUT2D eigenvalue weighted by atomic mass is 10.1. The van der Waals surface area contributed by atoms with E-state index >= 15 is 0 Å². The van der Waals surface area contributed by atoms with Gasteiger partial charge in [-0.3, -0.25) is 9.10 Å². The van der Waals surface area contributed by atoms with E-state index in [1.165, 1.54) is 7.11 Å². The van der Waals surface area contributed by atoms with E-state index < -0.39 is 10.0 Å². The molecule has 30 heavy (non-hydrogen) atoms. The number of piperazine rings is 1. The van der Waals surface area contributed by atoms with Crippen molar-refractivity contribution in [3.8, 4) is 5.75 Å². The summed E-state index contributed by atoms with van der Waals surface area (Å²) in [6.07, 6.45) is 1.09. The molecule has 162 valence electrons. The number of sulfonamides is 1. The molecule has 1 aliphatic heterocycles. The topological polar surface area (TPSA) is 70.2 Å². The van der Waals surface area contributed by atoms with Gasteiger partial charge in [-0.05, 0) is 36.8 Å². The van der Waals surface area contributed by atoms with Gasteiger partial charge in [0.2, 0.25) is 15.9 Å². The maximum Gasteiger partial charge on any atom is 0.243 e. The Morgan fingerprint density at radius 2 is 1.80 bits per heavy atom. The maximum atomic E-state index is 12.9. The number of anilines is 2. The molecule has 0 atom stereocenters. The van der Waals surface area contributed by atoms with E-state index in [0.29, 0.717) is 42.6 Å². The van der Waals surface area contributed by atoms with Gasteiger partial charge in [0.15, 0.2) is 0 Å². The highest BCUT2D eigenvalue weighted by molar-refractivity contribution is 7.92. The molecule has 0 spiro atoms. The second-order valence-corrected chi connectivity index (χ2v) is 9.58. The summed E-state index contributed by atoms with van der Waals surface area (Å²) in [5.74, 6) is 0.158. The minimum Gasteiger partial charge on any atom is -0.495 e. The molecule has 0 radical (unpaired) electrons. The molecule has 0 aliphatic carbocycles. The molecule has 1 saturated heterocycles. The first-order valence-electron chi connectivity index (χ1n) is 9.60. The number of methoxy groups -OCH3 is 1. The third-order valence-electron chi connectivity index (χ3n) is 5.18. The molecule has 0 saturated carbocycles. The zero-order chi connectivity index (χ0) is 21.9. The Balaban J connectivity index is 1.71. The Bertz CT molecular complexity index is 1020. The summed E-state index contributed by atoms with van der Waals surface area (Å²) >= 11 is 6.13. The summed E-state index contributed by atoms with van der Waals surface area (Å²) in [6.45, 7) is 4.08. The predicted molar refractivity (Wildman–Crippen MR) is 120 cm³/mol. The summed E-state index contributed by atoms with van der Waals surface area (Å²) in [7, 11) is -2.20. The maximum absolute atomic E-state index is 12.9. The molecule has 1 fully saturated rings. The van der Waals surface area contributed by atoms with Gasteiger partial charge in [-0.2, -0.15) is 0 Å². The molecular formula is C21H26ClN3O4S. The normalized spacial score (nSPS) is 14.5. The van der Waals surface area contributed by atoms with Crippen LogP contribution >= 0.6 is 11.6 Å². The van der Waals surface area contributed by atoms with Crippen molar-refractivity contribution < 1.29 is 17.9 Å². The van der Waals surface area contributed by atoms with E-state index in [0.717, 1.165) is 21.8 Å². The van der Waals surface area contributed by atoms with Crippen molar-refractivity contribution in [1.82, 2.24) is 4.90 Å². The van der Waals surface area contributed by atoms with Crippen LogP contribution < -0.4 is 13.9 Å². The van der Waals surface area contributed by atoms with Crippen LogP contribution in [0.5, 0.6) is 5.75 Å². The summed E-state index contributed by atoms with van der Waals surface area (Å²) in [6, 6.07) is 12.5. The lowest BCUT2D eigenvalue weighted by molar-refractivity contribution is -0.129. The largest absolute Gasteiger partial charge is 0.495 e. The number of para-hydroxylation sites is 2. The molecule has 2 aromatic rings. The van der Waals surface area contributed by atoms with E-state index in [9.17, 15) is 13.2 Å². The zero-order valence-electron chi connectivity index (χ0n) is 17.3. The monoisotopic (exact) mass is 451 g/mol. The molecule has 1 aliphatic rings. The number of carbonyl (C=O) groups is 1. The van der Waals surface area contributed by atoms with Crippen molar-refractivity contribution in [1.29, 1.82) is 0 Å². The van der Waals surface area contributed by atoms with Gasteiger partial charge in [-0.15, -0.1) is 0 Å². The van der Waals surface area contributed by atoms with Gasteiger partial charge in [0.1, 0.15) is 12.3 Å². The van der Waals surface area contributed by atoms with Crippen LogP contribution in [0.4, 0.5) is 11.4 Å². The molecule has 3 rings (SSSR count). The number of hydrogen-bond acceptors (Lipinski definition) is 5. The van der Waals surface area contributed by atoms with E-state index in [4.69, 9.17) is 16.3 Å². The number of ether oxygens (including phenoxy) is 1. The number of halogens is 1. The smallest absolute Gasteiger partial charge is 0.243 e. The first kappa shape index (κ1) is 22.2. The lowest BCUT2D eigenvalue weighted by Crippen LogP contribution is -2.52. The predicted octanol–water partition coefficient (Wildman–Crippen LogP) is 2.77. The van der Waals surface area contributed by atoms with Gasteiger partial charge in [0, 0.05) is 36.9 Å². The summed E-state index contributed by atoms with van der Waals surface area (Å²) < 4.78 is 31.2. The van der Waals surface area contributed by atoms with E-state index in [-0.39, 0.29) is 12.5 Å². The van der Waals surface area contributed by atoms with E-state index in [1.807, 2.05) is 25.1 Å². The molecule has 9 heteroatoms. The minimum atomic E-state index is -3.67. The van der Waals surface area contributed by atoms with Crippen LogP contribution in [0, 0.1) is 6.92 Å². The second kappa shape index (κ2) is 9.14. The molecule has 7 nitrogen and oxygen atoms in total. The van der Waals surface area contributed by atoms with Gasteiger partial charge in [-0.1, -0.05) is 29.8 Å². The third-order valence-corrected chi connectivity index (χ3v) is 6.54. The quantitative estimate of drug-likeness (QED) is 0.675. The van der Waals surface area contributed by atoms with Crippen LogP contribution in [0.15, 0.2) is 42.5 Å². The number of aryl methyl sites for hydroxylation is 1. The minimum absolute atomic E-state index is 0.242. The van der Waals surface area contributed by atoms with Gasteiger partial charge < -0.3 is 14.5 Å². The van der Waals surface area contributed by atoms with Crippen LogP contribution in [0.2, 0.25) is 5.02 Å². The van der Waals surface area contributed by atoms with Crippen molar-refractivity contribution in [3.63, 3.8) is 0 Å². The molecule has 1 heterocycles. The fourth-order valence-corrected chi connectivity index (χ4v) is 4.58. The number of rotatable bonds is 6. The van der Waals surface area contributed by atoms with Crippen LogP contribution in [-0.2, 0) is 14.8 Å². The van der Waals surface area contributed by atoms with Crippen LogP contribution in [0.3, 0.4) is 0 Å². The van der Waals surface area contributed by atoms with Gasteiger partial charge in [0.25, 0.3) is 0 Å². The lowest BCUT2D eigenvalue weighted by Gasteiger charge is -2.37. The number of carbonyl (C=O) groups excluding carboxylic acids is 1. The van der Waals surface area contributed by atoms with Gasteiger partial charge in [0.05, 0.1) is 19.1 Å². The first-order valence-corrected chi connectivity index (χ1v) is 11.8. The zero-order valence-corrected chi connectivity index (χ0v) is 18.9. The Morgan fingerprint density at radius 1 is 1.13 bits per heavy atom. The van der Waals surface area contributed by atoms with Crippen molar-refractivity contribution in [2.75, 3.05) is 55.3 Å². The summed E-state index contributed by atoms with van der Waals surface area (Å²) in [5.41, 5.74) is 2.53. The molecule has 0 bridgehead atoms. The molecule has 0 aromatic heterocycles. The highest BCUT2D eigenvalue weighted by atomic mass is 35.5. The van der Waals surface area contributed by atoms with Crippen LogP contribution in [-0.4, -0.2) is 65.3 Å². The van der Waals surface area contributed by atoms with Crippen LogP contribution in [0.1, 0.15) is 5.56 Å². The molecule has 0 unspecified atom stereocenters. The summed E-state index contributed by atoms with van der Waals surface area (Å²) in [4.78, 5) is 16.8. The fourth-order valence-electron chi connectivity index (χ4n) is 3.56. The van der Waals surface area contributed by atoms with Crippen molar-refractivity contribution >= 4 is 38.9 Å². The highest BCUT2D eigenvalue weighted by Crippen LogP contribution is 2.30. The van der Waals surface area contributed by atoms with Crippen molar-refractivity contribution in [2.24, 2.45) is 0 Å². The summed E-state index contributed by atoms with van der Waals surface area (Å²) in [5, 5.41) is 0.676. The van der Waals surface area contributed by atoms with E-state index in [2.05, 4.69) is 4.90 Å². The third kappa shape index (κ3) is 4.99. The fraction of sp³-hybridized carbons (Fsp3) is 0.381. The van der Waals surface area contributed by atoms with Crippen molar-refractivity contribution in [2.45, 2.75) is 6.92 Å². The Labute approximate surface area is 182 Å². The van der Waals surface area contributed by atoms with E-state index in [1.54, 1.807) is 29.2 Å². The van der Waals surface area contributed by atoms with Gasteiger partial charge in [-0.25, -0.2) is 8.42 Å². The first-order chi connectivity index (χ1) is 14.2. The highest BCUT2D eigenvalue weighted by Gasteiger charge is 2.28. The molecule has 0 N–H and O–H groups in total. The Hall–Kier alpha value is -2.45. The standard InChI is InChI=1S/C21H26ClN3O4S/c1-16-8-9-17(22)14-19(16)23-10-12-24(13-11-23)21(26)15-25(30(3,27)28)18-6-4-5-7-20(18)29-2/h4-9,14H,10-13,15H2,1-3H3. The number of hydrogen-bond donors (Lipinski definition) is 0. The Kier molecular flexibility index (Phi) is 6.77. The average Bonchev–Trinajstić information content (AvgIpc) is 2.73. The second-order valence-electron chi connectivity index (χ2n) is 7.24. The van der Waals surface area contributed by atoms with Crippen molar-refractivity contribution in [3.05, 3.63) is 53.1 Å². The van der Waals surface area contributed by atoms with Gasteiger partial charge >= 0.3 is 0 Å². The average molecular weight is 452 g/mol.